The van der Waals surface area contributed by atoms with Crippen molar-refractivity contribution in [1.82, 2.24) is 0 Å². The fraction of sp³-hybridized carbons (Fsp3) is 0.500. The molecule has 44 valence electrons. The van der Waals surface area contributed by atoms with Crippen LogP contribution in [0.4, 0.5) is 0 Å². The lowest BCUT2D eigenvalue weighted by molar-refractivity contribution is 0.225. The first kappa shape index (κ1) is 7.19. The number of hydrogen-bond donors (Lipinski definition) is 0. The first-order chi connectivity index (χ1) is 3.81. The molecule has 0 radical (unpaired) electrons. The summed E-state index contributed by atoms with van der Waals surface area (Å²) in [7, 11) is 1.59. The molecule has 2 heteroatoms. The fourth-order valence-electron chi connectivity index (χ4n) is 0.367. The molecule has 0 N–H and O–H groups in total. The molecule has 8 heavy (non-hydrogen) atoms. The summed E-state index contributed by atoms with van der Waals surface area (Å²) in [6, 6.07) is 1.97. The second kappa shape index (κ2) is 4.35. The highest BCUT2D eigenvalue weighted by atomic mass is 16.5. The van der Waals surface area contributed by atoms with Crippen molar-refractivity contribution < 1.29 is 4.74 Å². The van der Waals surface area contributed by atoms with E-state index in [1.54, 1.807) is 7.11 Å². The monoisotopic (exact) mass is 111 g/mol. The Balaban J connectivity index is 3.23. The van der Waals surface area contributed by atoms with Gasteiger partial charge in [-0.1, -0.05) is 6.58 Å². The summed E-state index contributed by atoms with van der Waals surface area (Å²) in [5.41, 5.74) is 0.829. The van der Waals surface area contributed by atoms with Gasteiger partial charge in [0.1, 0.15) is 0 Å². The van der Waals surface area contributed by atoms with Crippen molar-refractivity contribution in [2.75, 3.05) is 13.7 Å². The molecular weight excluding hydrogens is 102 g/mol. The molecule has 0 aromatic rings. The molecule has 0 aliphatic carbocycles. The summed E-state index contributed by atoms with van der Waals surface area (Å²) >= 11 is 0. The molecule has 0 spiro atoms. The summed E-state index contributed by atoms with van der Waals surface area (Å²) in [5.74, 6) is 0. The summed E-state index contributed by atoms with van der Waals surface area (Å²) in [5, 5.41) is 8.10. The van der Waals surface area contributed by atoms with Crippen molar-refractivity contribution in [3.63, 3.8) is 0 Å². The largest absolute Gasteiger partial charge is 0.380 e. The second-order valence-electron chi connectivity index (χ2n) is 1.52. The van der Waals surface area contributed by atoms with E-state index in [0.717, 1.165) is 5.57 Å². The van der Waals surface area contributed by atoms with E-state index in [0.29, 0.717) is 13.0 Å². The Hall–Kier alpha value is -0.810. The number of nitriles is 1. The Labute approximate surface area is 49.4 Å². The van der Waals surface area contributed by atoms with Gasteiger partial charge in [0.05, 0.1) is 19.1 Å². The van der Waals surface area contributed by atoms with Gasteiger partial charge in [-0.3, -0.25) is 0 Å². The Morgan fingerprint density at radius 2 is 2.50 bits per heavy atom. The molecule has 0 atom stereocenters. The Morgan fingerprint density at radius 1 is 1.88 bits per heavy atom. The zero-order valence-corrected chi connectivity index (χ0v) is 4.98. The van der Waals surface area contributed by atoms with E-state index in [-0.39, 0.29) is 0 Å². The quantitative estimate of drug-likeness (QED) is 0.511. The third-order valence-corrected chi connectivity index (χ3v) is 0.678. The van der Waals surface area contributed by atoms with Crippen LogP contribution < -0.4 is 0 Å². The zero-order valence-electron chi connectivity index (χ0n) is 4.98. The molecule has 0 aromatic carbocycles. The van der Waals surface area contributed by atoms with Crippen LogP contribution in [0.3, 0.4) is 0 Å². The lowest BCUT2D eigenvalue weighted by Gasteiger charge is -1.94. The standard InChI is InChI=1S/C6H9NO/c1-6(3-4-7)5-8-2/h1,3,5H2,2H3. The molecule has 0 aliphatic rings. The van der Waals surface area contributed by atoms with Gasteiger partial charge in [0, 0.05) is 7.11 Å². The van der Waals surface area contributed by atoms with Crippen molar-refractivity contribution >= 4 is 0 Å². The summed E-state index contributed by atoms with van der Waals surface area (Å²) < 4.78 is 4.71. The van der Waals surface area contributed by atoms with E-state index in [1.807, 2.05) is 6.07 Å². The van der Waals surface area contributed by atoms with Crippen molar-refractivity contribution in [2.24, 2.45) is 0 Å². The van der Waals surface area contributed by atoms with E-state index in [9.17, 15) is 0 Å². The lowest BCUT2D eigenvalue weighted by atomic mass is 10.2. The van der Waals surface area contributed by atoms with Gasteiger partial charge in [0.15, 0.2) is 0 Å². The van der Waals surface area contributed by atoms with Crippen molar-refractivity contribution in [2.45, 2.75) is 6.42 Å². The van der Waals surface area contributed by atoms with Crippen LogP contribution in [0.2, 0.25) is 0 Å². The van der Waals surface area contributed by atoms with Crippen LogP contribution in [0.15, 0.2) is 12.2 Å². The predicted octanol–water partition coefficient (Wildman–Crippen LogP) is 1.10. The summed E-state index contributed by atoms with van der Waals surface area (Å²) in [4.78, 5) is 0. The smallest absolute Gasteiger partial charge is 0.0680 e. The van der Waals surface area contributed by atoms with Gasteiger partial charge in [0.2, 0.25) is 0 Å². The average Bonchev–Trinajstić information content (AvgIpc) is 1.68. The number of ether oxygens (including phenoxy) is 1. The number of methoxy groups -OCH3 is 1. The van der Waals surface area contributed by atoms with Crippen LogP contribution in [-0.2, 0) is 4.74 Å². The lowest BCUT2D eigenvalue weighted by Crippen LogP contribution is -1.90. The van der Waals surface area contributed by atoms with E-state index >= 15 is 0 Å². The molecule has 0 rings (SSSR count). The number of hydrogen-bond acceptors (Lipinski definition) is 2. The second-order valence-corrected chi connectivity index (χ2v) is 1.52. The van der Waals surface area contributed by atoms with Crippen molar-refractivity contribution in [3.05, 3.63) is 12.2 Å². The summed E-state index contributed by atoms with van der Waals surface area (Å²) in [6.45, 7) is 4.08. The fourth-order valence-corrected chi connectivity index (χ4v) is 0.367. The maximum absolute atomic E-state index is 8.10. The molecule has 0 fully saturated rings. The highest BCUT2D eigenvalue weighted by Gasteiger charge is 1.87. The van der Waals surface area contributed by atoms with Crippen LogP contribution in [0.25, 0.3) is 0 Å². The topological polar surface area (TPSA) is 33.0 Å². The summed E-state index contributed by atoms with van der Waals surface area (Å²) in [6.07, 6.45) is 0.397. The normalized spacial score (nSPS) is 8.00. The Bertz CT molecular complexity index is 112. The minimum atomic E-state index is 0.397. The molecule has 0 aromatic heterocycles. The zero-order chi connectivity index (χ0) is 6.41. The van der Waals surface area contributed by atoms with Crippen LogP contribution >= 0.6 is 0 Å². The minimum Gasteiger partial charge on any atom is -0.380 e. The van der Waals surface area contributed by atoms with Gasteiger partial charge in [0.25, 0.3) is 0 Å². The average molecular weight is 111 g/mol. The van der Waals surface area contributed by atoms with E-state index in [1.165, 1.54) is 0 Å². The van der Waals surface area contributed by atoms with Gasteiger partial charge in [-0.2, -0.15) is 5.26 Å². The molecule has 2 nitrogen and oxygen atoms in total. The molecule has 0 amide bonds. The molecule has 0 heterocycles. The van der Waals surface area contributed by atoms with Crippen LogP contribution in [-0.4, -0.2) is 13.7 Å². The van der Waals surface area contributed by atoms with Gasteiger partial charge in [-0.05, 0) is 5.57 Å². The minimum absolute atomic E-state index is 0.397. The molecule has 0 saturated heterocycles. The SMILES string of the molecule is C=C(CC#N)COC. The third-order valence-electron chi connectivity index (χ3n) is 0.678. The van der Waals surface area contributed by atoms with Gasteiger partial charge < -0.3 is 4.74 Å². The Kier molecular flexibility index (Phi) is 3.91. The Morgan fingerprint density at radius 3 is 2.88 bits per heavy atom. The van der Waals surface area contributed by atoms with Crippen LogP contribution in [0.1, 0.15) is 6.42 Å². The molecule has 0 saturated carbocycles. The first-order valence-corrected chi connectivity index (χ1v) is 2.33. The highest BCUT2D eigenvalue weighted by molar-refractivity contribution is 5.01. The maximum Gasteiger partial charge on any atom is 0.0680 e. The van der Waals surface area contributed by atoms with Gasteiger partial charge >= 0.3 is 0 Å². The molecule has 0 aliphatic heterocycles. The van der Waals surface area contributed by atoms with Crippen LogP contribution in [0.5, 0.6) is 0 Å². The van der Waals surface area contributed by atoms with Gasteiger partial charge in [-0.25, -0.2) is 0 Å². The molecular formula is C6H9NO. The van der Waals surface area contributed by atoms with Crippen molar-refractivity contribution in [1.29, 1.82) is 5.26 Å². The van der Waals surface area contributed by atoms with Crippen molar-refractivity contribution in [3.8, 4) is 6.07 Å². The number of nitrogens with zero attached hydrogens (tertiary/aromatic N) is 1. The maximum atomic E-state index is 8.10. The predicted molar refractivity (Wildman–Crippen MR) is 31.2 cm³/mol. The molecule has 0 bridgehead atoms. The molecule has 0 unspecified atom stereocenters. The third kappa shape index (κ3) is 3.38. The van der Waals surface area contributed by atoms with Gasteiger partial charge in [-0.15, -0.1) is 0 Å². The van der Waals surface area contributed by atoms with E-state index < -0.39 is 0 Å². The highest BCUT2D eigenvalue weighted by Crippen LogP contribution is 1.94. The van der Waals surface area contributed by atoms with Crippen LogP contribution in [0, 0.1) is 11.3 Å². The van der Waals surface area contributed by atoms with E-state index in [2.05, 4.69) is 6.58 Å². The number of rotatable bonds is 3. The van der Waals surface area contributed by atoms with E-state index in [4.69, 9.17) is 10.00 Å². The first-order valence-electron chi connectivity index (χ1n) is 2.33.